The van der Waals surface area contributed by atoms with Gasteiger partial charge in [0.1, 0.15) is 35.5 Å². The van der Waals surface area contributed by atoms with E-state index in [-0.39, 0.29) is 29.4 Å². The molecule has 3 aliphatic rings. The van der Waals surface area contributed by atoms with Gasteiger partial charge in [-0.2, -0.15) is 9.97 Å². The minimum atomic E-state index is -0.869. The Morgan fingerprint density at radius 2 is 1.96 bits per heavy atom. The van der Waals surface area contributed by atoms with E-state index in [2.05, 4.69) is 35.1 Å². The first-order valence-electron chi connectivity index (χ1n) is 17.2. The largest absolute Gasteiger partial charge is 0.468 e. The lowest BCUT2D eigenvalue weighted by Crippen LogP contribution is -2.54. The maximum Gasteiger partial charge on any atom is 0.319 e. The first-order valence-corrected chi connectivity index (χ1v) is 17.2. The SMILES string of the molecule is C#Cc1c(F)ccc2cc(OCOC)cc(-c3cc4nc(OC[C@@]56CCCN5C[C@H](F)C6)nc(NCC5(N(C)C)CCC5)c4n4ccnc34)c12. The molecule has 1 N–H and O–H groups in total. The number of nitrogens with one attached hydrogen (secondary N) is 1. The Morgan fingerprint density at radius 1 is 1.10 bits per heavy atom. The van der Waals surface area contributed by atoms with Gasteiger partial charge in [0.05, 0.1) is 16.6 Å². The van der Waals surface area contributed by atoms with Crippen LogP contribution in [0.25, 0.3) is 38.6 Å². The van der Waals surface area contributed by atoms with Crippen LogP contribution in [0.4, 0.5) is 14.6 Å². The van der Waals surface area contributed by atoms with Crippen molar-refractivity contribution in [1.82, 2.24) is 29.2 Å². The first-order chi connectivity index (χ1) is 24.2. The normalized spacial score (nSPS) is 21.5. The molecule has 0 radical (unpaired) electrons. The van der Waals surface area contributed by atoms with Crippen LogP contribution in [-0.2, 0) is 4.74 Å². The minimum absolute atomic E-state index is 0.00679. The topological polar surface area (TPSA) is 89.3 Å². The number of hydrogen-bond donors (Lipinski definition) is 1. The highest BCUT2D eigenvalue weighted by Crippen LogP contribution is 2.43. The highest BCUT2D eigenvalue weighted by Gasteiger charge is 2.49. The maximum absolute atomic E-state index is 15.2. The van der Waals surface area contributed by atoms with Crippen LogP contribution < -0.4 is 14.8 Å². The van der Waals surface area contributed by atoms with Crippen LogP contribution in [0.2, 0.25) is 0 Å². The van der Waals surface area contributed by atoms with Crippen molar-refractivity contribution in [3.63, 3.8) is 0 Å². The molecule has 0 bridgehead atoms. The molecule has 3 fully saturated rings. The molecule has 0 unspecified atom stereocenters. The van der Waals surface area contributed by atoms with Crippen LogP contribution in [0.15, 0.2) is 42.7 Å². The predicted octanol–water partition coefficient (Wildman–Crippen LogP) is 6.05. The quantitative estimate of drug-likeness (QED) is 0.132. The Kier molecular flexibility index (Phi) is 8.25. The monoisotopic (exact) mass is 681 g/mol. The number of pyridine rings is 1. The van der Waals surface area contributed by atoms with Gasteiger partial charge in [0, 0.05) is 55.5 Å². The summed E-state index contributed by atoms with van der Waals surface area (Å²) in [6, 6.07) is 8.83. The third-order valence-electron chi connectivity index (χ3n) is 11.2. The van der Waals surface area contributed by atoms with Gasteiger partial charge in [0.25, 0.3) is 0 Å². The molecule has 3 aromatic heterocycles. The number of anilines is 1. The lowest BCUT2D eigenvalue weighted by atomic mass is 9.75. The van der Waals surface area contributed by atoms with E-state index in [9.17, 15) is 4.39 Å². The Morgan fingerprint density at radius 3 is 2.72 bits per heavy atom. The second-order valence-corrected chi connectivity index (χ2v) is 14.1. The molecule has 1 saturated carbocycles. The molecule has 50 heavy (non-hydrogen) atoms. The Balaban J connectivity index is 1.30. The molecule has 12 heteroatoms. The summed E-state index contributed by atoms with van der Waals surface area (Å²) in [6.45, 7) is 2.31. The van der Waals surface area contributed by atoms with Gasteiger partial charge < -0.3 is 24.4 Å². The van der Waals surface area contributed by atoms with Crippen molar-refractivity contribution in [3.05, 3.63) is 54.1 Å². The van der Waals surface area contributed by atoms with Gasteiger partial charge in [-0.05, 0) is 88.0 Å². The number of imidazole rings is 1. The van der Waals surface area contributed by atoms with Gasteiger partial charge in [0.15, 0.2) is 12.6 Å². The molecule has 8 rings (SSSR count). The summed E-state index contributed by atoms with van der Waals surface area (Å²) < 4.78 is 49.3. The molecule has 2 aromatic carbocycles. The van der Waals surface area contributed by atoms with Crippen molar-refractivity contribution < 1.29 is 23.0 Å². The number of likely N-dealkylation sites (N-methyl/N-ethyl adjacent to an activating group) is 1. The summed E-state index contributed by atoms with van der Waals surface area (Å²) in [5.74, 6) is 3.21. The fraction of sp³-hybridized carbons (Fsp3) is 0.447. The maximum atomic E-state index is 15.2. The van der Waals surface area contributed by atoms with Gasteiger partial charge in [-0.1, -0.05) is 12.0 Å². The third-order valence-corrected chi connectivity index (χ3v) is 11.2. The van der Waals surface area contributed by atoms with Crippen LogP contribution in [0.3, 0.4) is 0 Å². The molecule has 2 atom stereocenters. The van der Waals surface area contributed by atoms with Gasteiger partial charge in [-0.3, -0.25) is 9.30 Å². The Bertz CT molecular complexity index is 2140. The second-order valence-electron chi connectivity index (χ2n) is 14.1. The van der Waals surface area contributed by atoms with E-state index in [0.29, 0.717) is 70.7 Å². The van der Waals surface area contributed by atoms with Gasteiger partial charge in [-0.25, -0.2) is 13.8 Å². The molecule has 5 heterocycles. The number of hydrogen-bond acceptors (Lipinski definition) is 9. The van der Waals surface area contributed by atoms with E-state index in [1.54, 1.807) is 19.4 Å². The minimum Gasteiger partial charge on any atom is -0.468 e. The first kappa shape index (κ1) is 32.6. The average Bonchev–Trinajstić information content (AvgIpc) is 3.79. The predicted molar refractivity (Wildman–Crippen MR) is 189 cm³/mol. The summed E-state index contributed by atoms with van der Waals surface area (Å²) in [5, 5.41) is 4.93. The van der Waals surface area contributed by atoms with E-state index >= 15 is 4.39 Å². The zero-order valence-electron chi connectivity index (χ0n) is 28.6. The summed E-state index contributed by atoms with van der Waals surface area (Å²) in [7, 11) is 5.78. The summed E-state index contributed by atoms with van der Waals surface area (Å²) in [6.07, 6.45) is 14.3. The summed E-state index contributed by atoms with van der Waals surface area (Å²) in [5.41, 5.74) is 3.04. The van der Waals surface area contributed by atoms with Crippen LogP contribution in [0.1, 0.15) is 44.1 Å². The van der Waals surface area contributed by atoms with E-state index < -0.39 is 12.0 Å². The van der Waals surface area contributed by atoms with Crippen LogP contribution >= 0.6 is 0 Å². The molecule has 1 aliphatic carbocycles. The van der Waals surface area contributed by atoms with Crippen LogP contribution in [0.5, 0.6) is 11.8 Å². The van der Waals surface area contributed by atoms with E-state index in [0.717, 1.165) is 37.7 Å². The lowest BCUT2D eigenvalue weighted by molar-refractivity contribution is 0.0512. The number of halogens is 2. The highest BCUT2D eigenvalue weighted by molar-refractivity contribution is 6.06. The Labute approximate surface area is 289 Å². The number of alkyl halides is 1. The molecule has 260 valence electrons. The van der Waals surface area contributed by atoms with Crippen LogP contribution in [-0.4, -0.2) is 101 Å². The summed E-state index contributed by atoms with van der Waals surface area (Å²) in [4.78, 5) is 19.2. The Hall–Kier alpha value is -4.57. The molecule has 0 spiro atoms. The van der Waals surface area contributed by atoms with Crippen molar-refractivity contribution in [2.75, 3.05) is 59.6 Å². The highest BCUT2D eigenvalue weighted by atomic mass is 19.1. The van der Waals surface area contributed by atoms with E-state index in [4.69, 9.17) is 35.6 Å². The van der Waals surface area contributed by atoms with Crippen molar-refractivity contribution >= 4 is 33.3 Å². The van der Waals surface area contributed by atoms with Gasteiger partial charge >= 0.3 is 6.01 Å². The fourth-order valence-corrected chi connectivity index (χ4v) is 8.30. The molecule has 2 aliphatic heterocycles. The number of rotatable bonds is 11. The molecule has 5 aromatic rings. The molecule has 10 nitrogen and oxygen atoms in total. The standard InChI is InChI=1S/C38H41F2N7O3/c1-5-27-30(40)9-8-24-16-26(50-23-48-4)17-28(32(24)27)29-18-31-33(47-15-13-41-35(29)47)34(42-21-37(45(2)3)10-6-11-37)44-36(43-31)49-22-38-12-7-14-46(38)20-25(39)19-38/h1,8-9,13,15-18,25H,6-7,10-12,14,19-23H2,2-4H3,(H,42,43,44)/t25-,38+/m1/s1. The number of methoxy groups -OCH3 is 1. The molecule has 2 saturated heterocycles. The van der Waals surface area contributed by atoms with Crippen molar-refractivity contribution in [2.24, 2.45) is 0 Å². The summed E-state index contributed by atoms with van der Waals surface area (Å²) >= 11 is 0. The zero-order chi connectivity index (χ0) is 34.6. The molecular formula is C38H41F2N7O3. The third kappa shape index (κ3) is 5.39. The molecular weight excluding hydrogens is 640 g/mol. The van der Waals surface area contributed by atoms with Crippen molar-refractivity contribution in [2.45, 2.75) is 55.8 Å². The van der Waals surface area contributed by atoms with Gasteiger partial charge in [-0.15, -0.1) is 6.42 Å². The number of aromatic nitrogens is 4. The number of terminal acetylenes is 1. The lowest BCUT2D eigenvalue weighted by Gasteiger charge is -2.47. The molecule has 0 amide bonds. The zero-order valence-corrected chi connectivity index (χ0v) is 28.6. The fourth-order valence-electron chi connectivity index (χ4n) is 8.30. The van der Waals surface area contributed by atoms with Gasteiger partial charge in [0.2, 0.25) is 0 Å². The number of ether oxygens (including phenoxy) is 3. The van der Waals surface area contributed by atoms with Crippen molar-refractivity contribution in [3.8, 4) is 35.2 Å². The van der Waals surface area contributed by atoms with Crippen LogP contribution in [0, 0.1) is 18.2 Å². The number of benzene rings is 2. The smallest absolute Gasteiger partial charge is 0.319 e. The number of nitrogens with zero attached hydrogens (tertiary/aromatic N) is 6. The van der Waals surface area contributed by atoms with E-state index in [1.165, 1.54) is 12.5 Å². The van der Waals surface area contributed by atoms with E-state index in [1.807, 2.05) is 28.8 Å². The average molecular weight is 682 g/mol. The second kappa shape index (κ2) is 12.6. The number of fused-ring (bicyclic) bond motifs is 5. The van der Waals surface area contributed by atoms with Crippen molar-refractivity contribution in [1.29, 1.82) is 0 Å².